The van der Waals surface area contributed by atoms with Crippen LogP contribution in [0.5, 0.6) is 0 Å². The molecule has 12 heteroatoms. The maximum atomic E-state index is 10.0. The van der Waals surface area contributed by atoms with Gasteiger partial charge in [0.2, 0.25) is 0 Å². The smallest absolute Gasteiger partial charge is 0.335 e. The summed E-state index contributed by atoms with van der Waals surface area (Å²) in [4.78, 5) is 29.6. The average molecular weight is 329 g/mol. The van der Waals surface area contributed by atoms with Crippen molar-refractivity contribution >= 4 is 18.2 Å². The van der Waals surface area contributed by atoms with Crippen molar-refractivity contribution in [2.24, 2.45) is 5.73 Å². The Hall–Kier alpha value is -1.67. The summed E-state index contributed by atoms with van der Waals surface area (Å²) >= 11 is 0. The number of aliphatic hydroxyl groups is 6. The molecule has 2 unspecified atom stereocenters. The molecule has 0 aliphatic carbocycles. The summed E-state index contributed by atoms with van der Waals surface area (Å²) in [5.41, 5.74) is 5.04. The Bertz CT molecular complexity index is 345. The quantitative estimate of drug-likeness (QED) is 0.189. The molecule has 0 aromatic heterocycles. The predicted octanol–water partition coefficient (Wildman–Crippen LogP) is -5.53. The van der Waals surface area contributed by atoms with Crippen molar-refractivity contribution in [3.8, 4) is 0 Å². The SMILES string of the molecule is N[C@@H](C=O)[C@@H](O)[C@H](O)[C@H](O)CO.O=C(O)C(O)C(O)C(=O)O. The van der Waals surface area contributed by atoms with Gasteiger partial charge in [0.1, 0.15) is 24.6 Å². The monoisotopic (exact) mass is 329 g/mol. The lowest BCUT2D eigenvalue weighted by molar-refractivity contribution is -0.165. The molecule has 0 rings (SSSR count). The second-order valence-electron chi connectivity index (χ2n) is 4.01. The lowest BCUT2D eigenvalue weighted by Crippen LogP contribution is -2.49. The van der Waals surface area contributed by atoms with Gasteiger partial charge in [-0.2, -0.15) is 0 Å². The van der Waals surface area contributed by atoms with E-state index in [1.165, 1.54) is 0 Å². The number of aliphatic hydroxyl groups excluding tert-OH is 6. The number of carboxylic acid groups (broad SMARTS) is 2. The maximum absolute atomic E-state index is 10.0. The Labute approximate surface area is 123 Å². The Morgan fingerprint density at radius 2 is 1.27 bits per heavy atom. The fourth-order valence-electron chi connectivity index (χ4n) is 0.914. The van der Waals surface area contributed by atoms with Gasteiger partial charge in [-0.3, -0.25) is 0 Å². The molecule has 12 nitrogen and oxygen atoms in total. The fourth-order valence-corrected chi connectivity index (χ4v) is 0.914. The van der Waals surface area contributed by atoms with Gasteiger partial charge in [0.05, 0.1) is 12.6 Å². The number of hydrogen-bond donors (Lipinski definition) is 9. The van der Waals surface area contributed by atoms with E-state index in [0.29, 0.717) is 0 Å². The number of carbonyl (C=O) groups is 3. The van der Waals surface area contributed by atoms with Crippen LogP contribution in [0, 0.1) is 0 Å². The molecule has 0 aliphatic rings. The second-order valence-corrected chi connectivity index (χ2v) is 4.01. The van der Waals surface area contributed by atoms with Crippen LogP contribution >= 0.6 is 0 Å². The Morgan fingerprint density at radius 1 is 0.909 bits per heavy atom. The highest BCUT2D eigenvalue weighted by Crippen LogP contribution is 2.01. The highest BCUT2D eigenvalue weighted by Gasteiger charge is 2.29. The minimum absolute atomic E-state index is 0.248. The van der Waals surface area contributed by atoms with Crippen molar-refractivity contribution in [3.05, 3.63) is 0 Å². The molecule has 130 valence electrons. The van der Waals surface area contributed by atoms with Crippen LogP contribution < -0.4 is 5.73 Å². The molecule has 0 radical (unpaired) electrons. The van der Waals surface area contributed by atoms with Gasteiger partial charge in [-0.1, -0.05) is 0 Å². The number of nitrogens with two attached hydrogens (primary N) is 1. The largest absolute Gasteiger partial charge is 0.479 e. The fraction of sp³-hybridized carbons (Fsp3) is 0.700. The summed E-state index contributed by atoms with van der Waals surface area (Å²) in [6.07, 6.45) is -8.96. The second kappa shape index (κ2) is 11.0. The Kier molecular flexibility index (Phi) is 11.3. The molecule has 0 bridgehead atoms. The number of rotatable bonds is 8. The first-order valence-electron chi connectivity index (χ1n) is 5.68. The molecule has 0 fully saturated rings. The van der Waals surface area contributed by atoms with Crippen molar-refractivity contribution in [1.82, 2.24) is 0 Å². The van der Waals surface area contributed by atoms with E-state index in [1.54, 1.807) is 0 Å². The van der Waals surface area contributed by atoms with Crippen molar-refractivity contribution in [1.29, 1.82) is 0 Å². The van der Waals surface area contributed by atoms with Gasteiger partial charge < -0.3 is 51.4 Å². The summed E-state index contributed by atoms with van der Waals surface area (Å²) in [6.45, 7) is -0.705. The highest BCUT2D eigenvalue weighted by atomic mass is 16.4. The van der Waals surface area contributed by atoms with Crippen LogP contribution in [0.3, 0.4) is 0 Å². The summed E-state index contributed by atoms with van der Waals surface area (Å²) in [6, 6.07) is -1.26. The highest BCUT2D eigenvalue weighted by molar-refractivity contribution is 5.83. The van der Waals surface area contributed by atoms with E-state index in [1.807, 2.05) is 0 Å². The summed E-state index contributed by atoms with van der Waals surface area (Å²) in [5.74, 6) is -3.54. The molecule has 0 amide bonds. The first-order valence-corrected chi connectivity index (χ1v) is 5.68. The molecule has 6 atom stereocenters. The van der Waals surface area contributed by atoms with Crippen LogP contribution in [0.15, 0.2) is 0 Å². The number of aldehydes is 1. The standard InChI is InChI=1S/C6H13NO5.C4H6O6/c7-3(1-8)5(11)6(12)4(10)2-9;5-1(3(7)8)2(6)4(9)10/h1,3-6,9-12H,2,7H2;1-2,5-6H,(H,7,8)(H,9,10)/t3-,4+,5+,6+;/m0./s1. The van der Waals surface area contributed by atoms with Gasteiger partial charge in [0.15, 0.2) is 12.2 Å². The molecule has 0 saturated carbocycles. The number of carbonyl (C=O) groups excluding carboxylic acids is 1. The van der Waals surface area contributed by atoms with Gasteiger partial charge in [0, 0.05) is 0 Å². The molecule has 10 N–H and O–H groups in total. The molecular formula is C10H19NO11. The zero-order valence-electron chi connectivity index (χ0n) is 11.1. The lowest BCUT2D eigenvalue weighted by atomic mass is 10.0. The van der Waals surface area contributed by atoms with Gasteiger partial charge >= 0.3 is 11.9 Å². The van der Waals surface area contributed by atoms with Crippen LogP contribution in [-0.4, -0.2) is 102 Å². The van der Waals surface area contributed by atoms with Crippen molar-refractivity contribution in [3.63, 3.8) is 0 Å². The van der Waals surface area contributed by atoms with E-state index in [4.69, 9.17) is 46.6 Å². The van der Waals surface area contributed by atoms with E-state index in [-0.39, 0.29) is 6.29 Å². The third-order valence-corrected chi connectivity index (χ3v) is 2.29. The molecule has 0 aromatic rings. The molecule has 22 heavy (non-hydrogen) atoms. The molecule has 0 spiro atoms. The third-order valence-electron chi connectivity index (χ3n) is 2.29. The minimum Gasteiger partial charge on any atom is -0.479 e. The topological polar surface area (TPSA) is 239 Å². The van der Waals surface area contributed by atoms with E-state index in [0.717, 1.165) is 0 Å². The van der Waals surface area contributed by atoms with Gasteiger partial charge in [0.25, 0.3) is 0 Å². The summed E-state index contributed by atoms with van der Waals surface area (Å²) in [7, 11) is 0. The van der Waals surface area contributed by atoms with Crippen LogP contribution in [0.1, 0.15) is 0 Å². The maximum Gasteiger partial charge on any atom is 0.335 e. The molecular weight excluding hydrogens is 310 g/mol. The third kappa shape index (κ3) is 7.94. The molecule has 0 aliphatic heterocycles. The van der Waals surface area contributed by atoms with Crippen LogP contribution in [-0.2, 0) is 14.4 Å². The molecule has 0 aromatic carbocycles. The Balaban J connectivity index is 0. The summed E-state index contributed by atoms with van der Waals surface area (Å²) in [5, 5.41) is 67.7. The predicted molar refractivity (Wildman–Crippen MR) is 66.4 cm³/mol. The van der Waals surface area contributed by atoms with Gasteiger partial charge in [-0.05, 0) is 0 Å². The lowest BCUT2D eigenvalue weighted by Gasteiger charge is -2.23. The van der Waals surface area contributed by atoms with E-state index in [2.05, 4.69) is 0 Å². The van der Waals surface area contributed by atoms with Crippen molar-refractivity contribution < 1.29 is 55.2 Å². The van der Waals surface area contributed by atoms with Crippen molar-refractivity contribution in [2.75, 3.05) is 6.61 Å². The van der Waals surface area contributed by atoms with Crippen molar-refractivity contribution in [2.45, 2.75) is 36.6 Å². The van der Waals surface area contributed by atoms with E-state index in [9.17, 15) is 14.4 Å². The number of hydrogen-bond acceptors (Lipinski definition) is 10. The summed E-state index contributed by atoms with van der Waals surface area (Å²) < 4.78 is 0. The minimum atomic E-state index is -2.27. The number of carboxylic acids is 2. The Morgan fingerprint density at radius 3 is 1.50 bits per heavy atom. The van der Waals surface area contributed by atoms with Gasteiger partial charge in [-0.25, -0.2) is 9.59 Å². The average Bonchev–Trinajstić information content (AvgIpc) is 2.50. The zero-order valence-corrected chi connectivity index (χ0v) is 11.1. The molecule has 0 heterocycles. The van der Waals surface area contributed by atoms with Crippen LogP contribution in [0.4, 0.5) is 0 Å². The van der Waals surface area contributed by atoms with Crippen LogP contribution in [0.2, 0.25) is 0 Å². The normalized spacial score (nSPS) is 18.7. The van der Waals surface area contributed by atoms with Gasteiger partial charge in [-0.15, -0.1) is 0 Å². The number of aliphatic carboxylic acids is 2. The molecule has 0 saturated heterocycles. The first-order chi connectivity index (χ1) is 10.0. The first kappa shape index (κ1) is 22.6. The zero-order chi connectivity index (χ0) is 18.0. The van der Waals surface area contributed by atoms with Crippen LogP contribution in [0.25, 0.3) is 0 Å². The van der Waals surface area contributed by atoms with E-state index >= 15 is 0 Å². The van der Waals surface area contributed by atoms with E-state index < -0.39 is 55.1 Å².